The second kappa shape index (κ2) is 9.40. The number of aliphatic hydroxyl groups is 1. The van der Waals surface area contributed by atoms with Crippen molar-refractivity contribution in [2.45, 2.75) is 30.5 Å². The van der Waals surface area contributed by atoms with Crippen LogP contribution in [0.5, 0.6) is 5.88 Å². The highest BCUT2D eigenvalue weighted by Crippen LogP contribution is 2.29. The van der Waals surface area contributed by atoms with Gasteiger partial charge in [-0.1, -0.05) is 6.07 Å². The third-order valence-electron chi connectivity index (χ3n) is 5.90. The average Bonchev–Trinajstić information content (AvgIpc) is 3.13. The van der Waals surface area contributed by atoms with E-state index in [0.717, 1.165) is 26.9 Å². The number of fused-ring (bicyclic) bond motifs is 4. The molecule has 10 heteroatoms. The van der Waals surface area contributed by atoms with Crippen molar-refractivity contribution in [3.05, 3.63) is 71.4 Å². The molecule has 0 radical (unpaired) electrons. The number of hydrogen-bond donors (Lipinski definition) is 3. The van der Waals surface area contributed by atoms with Gasteiger partial charge in [-0.25, -0.2) is 14.6 Å². The molecule has 9 nitrogen and oxygen atoms in total. The Labute approximate surface area is 206 Å². The fraction of sp³-hybridized carbons (Fsp3) is 0.200. The third kappa shape index (κ3) is 4.45. The molecule has 0 saturated carbocycles. The van der Waals surface area contributed by atoms with Crippen molar-refractivity contribution >= 4 is 40.3 Å². The second-order valence-corrected chi connectivity index (χ2v) is 8.77. The van der Waals surface area contributed by atoms with E-state index in [9.17, 15) is 9.90 Å². The summed E-state index contributed by atoms with van der Waals surface area (Å²) in [6, 6.07) is 13.3. The average molecular weight is 489 g/mol. The molecule has 0 fully saturated rings. The van der Waals surface area contributed by atoms with Gasteiger partial charge in [0.2, 0.25) is 5.88 Å². The predicted octanol–water partition coefficient (Wildman–Crippen LogP) is 3.14. The number of nitrogens with zero attached hydrogens (tertiary/aromatic N) is 5. The number of nitrogen functional groups attached to an aromatic ring is 1. The molecule has 0 saturated heterocycles. The van der Waals surface area contributed by atoms with Crippen LogP contribution in [0.25, 0.3) is 33.1 Å². The van der Waals surface area contributed by atoms with Crippen LogP contribution >= 0.6 is 12.6 Å². The molecule has 5 heterocycles. The Balaban J connectivity index is 0.000000313. The molecule has 3 N–H and O–H groups in total. The minimum Gasteiger partial charge on any atom is -0.480 e. The van der Waals surface area contributed by atoms with Gasteiger partial charge in [0.15, 0.2) is 5.65 Å². The fourth-order valence-electron chi connectivity index (χ4n) is 4.18. The van der Waals surface area contributed by atoms with E-state index in [2.05, 4.69) is 22.6 Å². The zero-order valence-electron chi connectivity index (χ0n) is 19.0. The van der Waals surface area contributed by atoms with Crippen LogP contribution in [0.15, 0.2) is 70.7 Å². The van der Waals surface area contributed by atoms with Crippen molar-refractivity contribution in [2.75, 3.05) is 12.8 Å². The van der Waals surface area contributed by atoms with Crippen molar-refractivity contribution in [3.63, 3.8) is 0 Å². The summed E-state index contributed by atoms with van der Waals surface area (Å²) >= 11 is 4.02. The minimum absolute atomic E-state index is 0.0722. The van der Waals surface area contributed by atoms with Gasteiger partial charge in [0.05, 0.1) is 36.3 Å². The van der Waals surface area contributed by atoms with E-state index >= 15 is 0 Å². The molecular weight excluding hydrogens is 464 g/mol. The first-order valence-electron chi connectivity index (χ1n) is 11.1. The number of methoxy groups -OCH3 is 1. The molecule has 1 aliphatic heterocycles. The molecule has 6 rings (SSSR count). The molecule has 0 amide bonds. The molecule has 1 unspecified atom stereocenters. The molecule has 0 bridgehead atoms. The molecule has 1 aliphatic rings. The molecule has 178 valence electrons. The molecule has 4 aromatic heterocycles. The van der Waals surface area contributed by atoms with Crippen LogP contribution < -0.4 is 16.0 Å². The summed E-state index contributed by atoms with van der Waals surface area (Å²) in [6.07, 6.45) is 5.24. The summed E-state index contributed by atoms with van der Waals surface area (Å²) in [7, 11) is 1.53. The Morgan fingerprint density at radius 3 is 2.69 bits per heavy atom. The summed E-state index contributed by atoms with van der Waals surface area (Å²) in [6.45, 7) is 0.876. The number of hydrogen-bond acceptors (Lipinski definition) is 8. The van der Waals surface area contributed by atoms with Gasteiger partial charge in [0, 0.05) is 41.0 Å². The van der Waals surface area contributed by atoms with Gasteiger partial charge in [-0.05, 0) is 48.4 Å². The fourth-order valence-corrected chi connectivity index (χ4v) is 4.34. The summed E-state index contributed by atoms with van der Waals surface area (Å²) in [5.41, 5.74) is 9.55. The van der Waals surface area contributed by atoms with Crippen molar-refractivity contribution in [2.24, 2.45) is 0 Å². The van der Waals surface area contributed by atoms with Crippen LogP contribution in [-0.2, 0) is 13.1 Å². The predicted molar refractivity (Wildman–Crippen MR) is 138 cm³/mol. The zero-order chi connectivity index (χ0) is 24.5. The van der Waals surface area contributed by atoms with E-state index in [1.807, 2.05) is 42.5 Å². The van der Waals surface area contributed by atoms with E-state index in [1.165, 1.54) is 7.11 Å². The van der Waals surface area contributed by atoms with E-state index in [4.69, 9.17) is 15.5 Å². The Kier molecular flexibility index (Phi) is 6.14. The monoisotopic (exact) mass is 488 g/mol. The summed E-state index contributed by atoms with van der Waals surface area (Å²) < 4.78 is 8.56. The number of ether oxygens (including phenoxy) is 1. The molecule has 1 aromatic carbocycles. The molecule has 0 spiro atoms. The molecular formula is C25H24N6O3S. The van der Waals surface area contributed by atoms with Crippen LogP contribution in [0.4, 0.5) is 5.69 Å². The maximum Gasteiger partial charge on any atom is 0.276 e. The second-order valence-electron chi connectivity index (χ2n) is 8.25. The van der Waals surface area contributed by atoms with E-state index < -0.39 is 6.10 Å². The first-order valence-corrected chi connectivity index (χ1v) is 11.5. The Hall–Kier alpha value is -3.89. The number of nitrogens with two attached hydrogens (primary N) is 1. The van der Waals surface area contributed by atoms with Crippen LogP contribution in [0, 0.1) is 0 Å². The summed E-state index contributed by atoms with van der Waals surface area (Å²) in [5.74, 6) is 0.391. The van der Waals surface area contributed by atoms with E-state index in [1.54, 1.807) is 28.0 Å². The summed E-state index contributed by atoms with van der Waals surface area (Å²) in [5, 5.41) is 11.4. The van der Waals surface area contributed by atoms with Crippen LogP contribution in [0.3, 0.4) is 0 Å². The number of benzene rings is 1. The van der Waals surface area contributed by atoms with Crippen molar-refractivity contribution in [3.8, 4) is 17.0 Å². The minimum atomic E-state index is -0.456. The van der Waals surface area contributed by atoms with Gasteiger partial charge in [0.1, 0.15) is 0 Å². The van der Waals surface area contributed by atoms with Gasteiger partial charge in [0.25, 0.3) is 5.56 Å². The number of rotatable bonds is 2. The van der Waals surface area contributed by atoms with Gasteiger partial charge in [-0.2, -0.15) is 0 Å². The van der Waals surface area contributed by atoms with E-state index in [0.29, 0.717) is 42.1 Å². The van der Waals surface area contributed by atoms with Crippen LogP contribution in [0.2, 0.25) is 0 Å². The first kappa shape index (κ1) is 22.9. The highest BCUT2D eigenvalue weighted by molar-refractivity contribution is 7.80. The Bertz CT molecular complexity index is 1580. The normalized spacial score (nSPS) is 14.9. The van der Waals surface area contributed by atoms with Gasteiger partial charge in [-0.3, -0.25) is 14.5 Å². The van der Waals surface area contributed by atoms with Crippen molar-refractivity contribution in [1.29, 1.82) is 0 Å². The topological polar surface area (TPSA) is 121 Å². The molecule has 0 aliphatic carbocycles. The largest absolute Gasteiger partial charge is 0.480 e. The smallest absolute Gasteiger partial charge is 0.276 e. The number of anilines is 1. The summed E-state index contributed by atoms with van der Waals surface area (Å²) in [4.78, 5) is 26.4. The van der Waals surface area contributed by atoms with Gasteiger partial charge >= 0.3 is 0 Å². The number of pyridine rings is 3. The number of thiol groups is 1. The maximum absolute atomic E-state index is 12.8. The third-order valence-corrected chi connectivity index (χ3v) is 6.17. The quantitative estimate of drug-likeness (QED) is 0.327. The molecule has 1 atom stereocenters. The maximum atomic E-state index is 12.8. The lowest BCUT2D eigenvalue weighted by atomic mass is 10.0. The SMILES string of the molecule is COc1ncc(-c2ccc3nc4c(cc3c2)c(=O)n2n4CC(O)CC2)cc1N.Sc1cccnc1. The van der Waals surface area contributed by atoms with Gasteiger partial charge < -0.3 is 15.6 Å². The standard InChI is InChI=1S/C20H19N5O3.C5H5NS/c1-28-19-16(21)8-13(9-22-19)11-2-3-17-12(6-11)7-15-18(23-17)25-10-14(26)4-5-24(25)20(15)27;7-5-2-1-3-6-4-5/h2-3,6-9,14,26H,4-5,10,21H2,1H3;1-4,7H. The highest BCUT2D eigenvalue weighted by Gasteiger charge is 2.22. The van der Waals surface area contributed by atoms with E-state index in [-0.39, 0.29) is 5.56 Å². The zero-order valence-corrected chi connectivity index (χ0v) is 19.9. The Morgan fingerprint density at radius 2 is 2.00 bits per heavy atom. The van der Waals surface area contributed by atoms with Crippen LogP contribution in [0.1, 0.15) is 6.42 Å². The van der Waals surface area contributed by atoms with Crippen LogP contribution in [-0.4, -0.2) is 42.6 Å². The molecule has 5 aromatic rings. The molecule has 35 heavy (non-hydrogen) atoms. The lowest BCUT2D eigenvalue weighted by Gasteiger charge is -2.21. The van der Waals surface area contributed by atoms with Crippen molar-refractivity contribution < 1.29 is 9.84 Å². The lowest BCUT2D eigenvalue weighted by Crippen LogP contribution is -2.34. The van der Waals surface area contributed by atoms with Gasteiger partial charge in [-0.15, -0.1) is 12.6 Å². The lowest BCUT2D eigenvalue weighted by molar-refractivity contribution is 0.102. The first-order chi connectivity index (χ1) is 16.9. The number of aliphatic hydroxyl groups excluding tert-OH is 1. The number of aromatic nitrogens is 5. The van der Waals surface area contributed by atoms with Crippen molar-refractivity contribution in [1.82, 2.24) is 24.3 Å². The highest BCUT2D eigenvalue weighted by atomic mass is 32.1. The Morgan fingerprint density at radius 1 is 1.14 bits per heavy atom.